The Hall–Kier alpha value is -2.62. The van der Waals surface area contributed by atoms with Gasteiger partial charge in [0.15, 0.2) is 11.5 Å². The van der Waals surface area contributed by atoms with Crippen LogP contribution in [-0.4, -0.2) is 43.9 Å². The molecule has 0 aromatic heterocycles. The zero-order chi connectivity index (χ0) is 25.3. The molecule has 0 saturated carbocycles. The topological polar surface area (TPSA) is 65.7 Å². The van der Waals surface area contributed by atoms with Gasteiger partial charge in [0, 0.05) is 0 Å². The number of unbranched alkanes of at least 4 members (excludes halogenated alkanes) is 1. The summed E-state index contributed by atoms with van der Waals surface area (Å²) in [5.41, 5.74) is 1.23. The minimum absolute atomic E-state index is 0.186. The van der Waals surface area contributed by atoms with Gasteiger partial charge in [-0.3, -0.25) is 0 Å². The van der Waals surface area contributed by atoms with Crippen molar-refractivity contribution in [3.05, 3.63) is 59.4 Å². The van der Waals surface area contributed by atoms with Gasteiger partial charge >= 0.3 is 0 Å². The van der Waals surface area contributed by atoms with Crippen molar-refractivity contribution in [3.63, 3.8) is 0 Å². The average Bonchev–Trinajstić information content (AvgIpc) is 2.90. The van der Waals surface area contributed by atoms with Gasteiger partial charge < -0.3 is 19.5 Å². The number of benzene rings is 2. The second kappa shape index (κ2) is 12.9. The summed E-state index contributed by atoms with van der Waals surface area (Å²) < 4.78 is 24.1. The first-order valence-electron chi connectivity index (χ1n) is 12.8. The fourth-order valence-corrected chi connectivity index (χ4v) is 5.23. The van der Waals surface area contributed by atoms with E-state index in [0.29, 0.717) is 11.5 Å². The molecule has 1 aliphatic heterocycles. The van der Waals surface area contributed by atoms with E-state index in [1.807, 2.05) is 18.2 Å². The third kappa shape index (κ3) is 6.74. The van der Waals surface area contributed by atoms with Crippen LogP contribution >= 0.6 is 0 Å². The molecule has 1 saturated heterocycles. The second-order valence-corrected chi connectivity index (χ2v) is 9.65. The largest absolute Gasteiger partial charge is 0.493 e. The predicted molar refractivity (Wildman–Crippen MR) is 136 cm³/mol. The minimum atomic E-state index is -0.553. The number of methoxy groups -OCH3 is 2. The maximum absolute atomic E-state index is 13.2. The lowest BCUT2D eigenvalue weighted by Gasteiger charge is -2.35. The molecule has 35 heavy (non-hydrogen) atoms. The number of rotatable bonds is 12. The van der Waals surface area contributed by atoms with Crippen LogP contribution in [0.25, 0.3) is 0 Å². The molecule has 0 radical (unpaired) electrons. The van der Waals surface area contributed by atoms with Crippen molar-refractivity contribution in [1.82, 2.24) is 4.90 Å². The number of hydrogen-bond donors (Lipinski definition) is 1. The molecule has 1 N–H and O–H groups in total. The number of nitriles is 1. The fraction of sp³-hybridized carbons (Fsp3) is 0.552. The molecule has 2 unspecified atom stereocenters. The number of nitrogens with zero attached hydrogens (tertiary/aromatic N) is 2. The van der Waals surface area contributed by atoms with E-state index in [-0.39, 0.29) is 11.7 Å². The lowest BCUT2D eigenvalue weighted by Crippen LogP contribution is -2.37. The molecule has 6 heteroatoms. The highest BCUT2D eigenvalue weighted by Crippen LogP contribution is 2.39. The van der Waals surface area contributed by atoms with Crippen LogP contribution in [0.4, 0.5) is 4.39 Å². The van der Waals surface area contributed by atoms with E-state index in [1.165, 1.54) is 12.1 Å². The molecule has 1 fully saturated rings. The number of aliphatic hydroxyl groups excluding tert-OH is 1. The summed E-state index contributed by atoms with van der Waals surface area (Å²) in [7, 11) is 3.24. The fourth-order valence-electron chi connectivity index (χ4n) is 5.23. The number of piperidine rings is 1. The number of likely N-dealkylation sites (tertiary alicyclic amines) is 1. The Kier molecular flexibility index (Phi) is 9.94. The maximum atomic E-state index is 13.2. The third-order valence-corrected chi connectivity index (χ3v) is 7.48. The van der Waals surface area contributed by atoms with Gasteiger partial charge in [0.25, 0.3) is 0 Å². The second-order valence-electron chi connectivity index (χ2n) is 9.65. The van der Waals surface area contributed by atoms with Gasteiger partial charge in [-0.15, -0.1) is 0 Å². The molecule has 0 spiro atoms. The van der Waals surface area contributed by atoms with E-state index < -0.39 is 11.5 Å². The molecule has 1 heterocycles. The molecular weight excluding hydrogens is 443 g/mol. The molecule has 2 aromatic rings. The number of ether oxygens (including phenoxy) is 2. The van der Waals surface area contributed by atoms with E-state index in [0.717, 1.165) is 75.7 Å². The van der Waals surface area contributed by atoms with E-state index >= 15 is 0 Å². The Morgan fingerprint density at radius 3 is 2.31 bits per heavy atom. The monoisotopic (exact) mass is 482 g/mol. The number of hydrogen-bond acceptors (Lipinski definition) is 5. The zero-order valence-electron chi connectivity index (χ0n) is 21.3. The minimum Gasteiger partial charge on any atom is -0.493 e. The first-order valence-corrected chi connectivity index (χ1v) is 12.8. The smallest absolute Gasteiger partial charge is 0.161 e. The average molecular weight is 483 g/mol. The highest BCUT2D eigenvalue weighted by atomic mass is 19.1. The summed E-state index contributed by atoms with van der Waals surface area (Å²) in [4.78, 5) is 2.43. The van der Waals surface area contributed by atoms with Crippen LogP contribution in [-0.2, 0) is 5.41 Å². The Morgan fingerprint density at radius 2 is 1.71 bits per heavy atom. The Bertz CT molecular complexity index is 967. The SMILES string of the molecule is CCCCC(C#N)(CCCN1CCC(C(O)c2ccc(F)cc2)CC1)c1ccc(OC)c(OC)c1. The molecule has 0 aliphatic carbocycles. The first kappa shape index (κ1) is 27.0. The van der Waals surface area contributed by atoms with Gasteiger partial charge in [0.2, 0.25) is 0 Å². The summed E-state index contributed by atoms with van der Waals surface area (Å²) in [6, 6.07) is 14.7. The maximum Gasteiger partial charge on any atom is 0.161 e. The van der Waals surface area contributed by atoms with Gasteiger partial charge in [0.1, 0.15) is 5.82 Å². The van der Waals surface area contributed by atoms with Crippen molar-refractivity contribution in [3.8, 4) is 17.6 Å². The van der Waals surface area contributed by atoms with Crippen LogP contribution in [0.15, 0.2) is 42.5 Å². The first-order chi connectivity index (χ1) is 17.0. The summed E-state index contributed by atoms with van der Waals surface area (Å²) in [5.74, 6) is 1.23. The predicted octanol–water partition coefficient (Wildman–Crippen LogP) is 6.02. The van der Waals surface area contributed by atoms with Gasteiger partial charge in [-0.2, -0.15) is 5.26 Å². The van der Waals surface area contributed by atoms with Crippen LogP contribution in [0, 0.1) is 23.1 Å². The van der Waals surface area contributed by atoms with E-state index in [1.54, 1.807) is 26.4 Å². The van der Waals surface area contributed by atoms with E-state index in [2.05, 4.69) is 17.9 Å². The molecule has 5 nitrogen and oxygen atoms in total. The van der Waals surface area contributed by atoms with Crippen molar-refractivity contribution < 1.29 is 19.0 Å². The van der Waals surface area contributed by atoms with Crippen molar-refractivity contribution in [2.24, 2.45) is 5.92 Å². The van der Waals surface area contributed by atoms with Gasteiger partial charge in [-0.25, -0.2) is 4.39 Å². The molecule has 1 aliphatic rings. The van der Waals surface area contributed by atoms with Crippen LogP contribution in [0.1, 0.15) is 69.1 Å². The van der Waals surface area contributed by atoms with Crippen molar-refractivity contribution in [1.29, 1.82) is 5.26 Å². The van der Waals surface area contributed by atoms with Crippen LogP contribution in [0.5, 0.6) is 11.5 Å². The third-order valence-electron chi connectivity index (χ3n) is 7.48. The van der Waals surface area contributed by atoms with E-state index in [4.69, 9.17) is 9.47 Å². The molecular formula is C29H39FN2O3. The Balaban J connectivity index is 1.59. The molecule has 190 valence electrons. The van der Waals surface area contributed by atoms with Crippen molar-refractivity contribution in [2.45, 2.75) is 63.4 Å². The molecule has 3 rings (SSSR count). The molecule has 0 amide bonds. The lowest BCUT2D eigenvalue weighted by atomic mass is 9.74. The van der Waals surface area contributed by atoms with Gasteiger partial charge in [0.05, 0.1) is 31.8 Å². The lowest BCUT2D eigenvalue weighted by molar-refractivity contribution is 0.0580. The normalized spacial score (nSPS) is 17.4. The molecule has 2 atom stereocenters. The van der Waals surface area contributed by atoms with Gasteiger partial charge in [-0.05, 0) is 93.0 Å². The standard InChI is InChI=1S/C29H39FN2O3/c1-4-5-15-29(21-31,24-9-12-26(34-2)27(20-24)35-3)16-6-17-32-18-13-23(14-19-32)28(33)22-7-10-25(30)11-8-22/h7-12,20,23,28,33H,4-6,13-19H2,1-3H3. The summed E-state index contributed by atoms with van der Waals surface area (Å²) >= 11 is 0. The van der Waals surface area contributed by atoms with Crippen molar-refractivity contribution >= 4 is 0 Å². The van der Waals surface area contributed by atoms with Gasteiger partial charge in [-0.1, -0.05) is 38.0 Å². The number of aliphatic hydroxyl groups is 1. The zero-order valence-corrected chi connectivity index (χ0v) is 21.3. The van der Waals surface area contributed by atoms with E-state index in [9.17, 15) is 14.8 Å². The molecule has 2 aromatic carbocycles. The van der Waals surface area contributed by atoms with Crippen LogP contribution < -0.4 is 9.47 Å². The highest BCUT2D eigenvalue weighted by Gasteiger charge is 2.33. The summed E-state index contributed by atoms with van der Waals surface area (Å²) in [6.45, 7) is 4.94. The van der Waals surface area contributed by atoms with Crippen LogP contribution in [0.2, 0.25) is 0 Å². The highest BCUT2D eigenvalue weighted by molar-refractivity contribution is 5.47. The summed E-state index contributed by atoms with van der Waals surface area (Å²) in [5, 5.41) is 21.0. The quantitative estimate of drug-likeness (QED) is 0.401. The number of halogens is 1. The molecule has 0 bridgehead atoms. The Labute approximate surface area is 209 Å². The van der Waals surface area contributed by atoms with Crippen molar-refractivity contribution in [2.75, 3.05) is 33.9 Å². The summed E-state index contributed by atoms with van der Waals surface area (Å²) in [6.07, 6.45) is 5.84. The van der Waals surface area contributed by atoms with Crippen LogP contribution in [0.3, 0.4) is 0 Å². The Morgan fingerprint density at radius 1 is 1.06 bits per heavy atom.